The summed E-state index contributed by atoms with van der Waals surface area (Å²) in [6, 6.07) is 17.4. The number of aromatic nitrogens is 4. The van der Waals surface area contributed by atoms with Crippen molar-refractivity contribution in [1.29, 1.82) is 0 Å². The maximum absolute atomic E-state index is 5.97. The molecule has 136 valence electrons. The van der Waals surface area contributed by atoms with Gasteiger partial charge in [0, 0.05) is 12.1 Å². The molecule has 4 rings (SSSR count). The minimum Gasteiger partial charge on any atom is -0.497 e. The molecule has 0 N–H and O–H groups in total. The monoisotopic (exact) mass is 362 g/mol. The van der Waals surface area contributed by atoms with Crippen molar-refractivity contribution in [2.24, 2.45) is 0 Å². The molecule has 0 saturated heterocycles. The lowest BCUT2D eigenvalue weighted by molar-refractivity contribution is 0.298. The summed E-state index contributed by atoms with van der Waals surface area (Å²) in [5, 5.41) is 12.1. The van der Waals surface area contributed by atoms with Crippen molar-refractivity contribution in [2.75, 3.05) is 7.11 Å². The third-order valence-corrected chi connectivity index (χ3v) is 4.04. The van der Waals surface area contributed by atoms with Gasteiger partial charge in [0.2, 0.25) is 0 Å². The highest BCUT2D eigenvalue weighted by Crippen LogP contribution is 2.33. The maximum Gasteiger partial charge on any atom is 0.170 e. The molecule has 4 aromatic rings. The highest BCUT2D eigenvalue weighted by molar-refractivity contribution is 5.66. The summed E-state index contributed by atoms with van der Waals surface area (Å²) in [5.41, 5.74) is 2.69. The molecule has 2 heterocycles. The molecule has 2 aromatic heterocycles. The second kappa shape index (κ2) is 7.74. The first-order valence-corrected chi connectivity index (χ1v) is 8.46. The van der Waals surface area contributed by atoms with Crippen molar-refractivity contribution in [3.63, 3.8) is 0 Å². The Morgan fingerprint density at radius 3 is 2.74 bits per heavy atom. The zero-order valence-electron chi connectivity index (χ0n) is 14.8. The Kier molecular flexibility index (Phi) is 4.82. The van der Waals surface area contributed by atoms with Crippen molar-refractivity contribution >= 4 is 0 Å². The summed E-state index contributed by atoms with van der Waals surface area (Å²) < 4.78 is 18.3. The van der Waals surface area contributed by atoms with E-state index < -0.39 is 0 Å². The summed E-state index contributed by atoms with van der Waals surface area (Å²) in [4.78, 5) is 0. The van der Waals surface area contributed by atoms with E-state index in [0.717, 1.165) is 16.8 Å². The Balaban J connectivity index is 1.49. The van der Waals surface area contributed by atoms with Gasteiger partial charge in [-0.1, -0.05) is 40.7 Å². The number of hydrogen-bond acceptors (Lipinski definition) is 6. The molecule has 7 nitrogen and oxygen atoms in total. The Hall–Kier alpha value is -3.61. The van der Waals surface area contributed by atoms with Gasteiger partial charge in [0.05, 0.1) is 31.6 Å². The average Bonchev–Trinajstić information content (AvgIpc) is 3.39. The van der Waals surface area contributed by atoms with E-state index in [-0.39, 0.29) is 6.61 Å². The number of ether oxygens (including phenoxy) is 2. The van der Waals surface area contributed by atoms with Crippen molar-refractivity contribution < 1.29 is 14.0 Å². The predicted octanol–water partition coefficient (Wildman–Crippen LogP) is 3.57. The van der Waals surface area contributed by atoms with Gasteiger partial charge in [-0.05, 0) is 17.7 Å². The average molecular weight is 362 g/mol. The van der Waals surface area contributed by atoms with Crippen LogP contribution in [0.1, 0.15) is 11.3 Å². The van der Waals surface area contributed by atoms with Crippen molar-refractivity contribution in [3.8, 4) is 22.8 Å². The lowest BCUT2D eigenvalue weighted by Gasteiger charge is -2.10. The topological polar surface area (TPSA) is 75.2 Å². The van der Waals surface area contributed by atoms with Crippen LogP contribution >= 0.6 is 0 Å². The van der Waals surface area contributed by atoms with Gasteiger partial charge in [-0.2, -0.15) is 0 Å². The maximum atomic E-state index is 5.97. The molecule has 0 fully saturated rings. The Morgan fingerprint density at radius 2 is 1.96 bits per heavy atom. The molecular formula is C20H18N4O3. The van der Waals surface area contributed by atoms with Crippen LogP contribution in [-0.2, 0) is 13.2 Å². The fourth-order valence-electron chi connectivity index (χ4n) is 2.71. The van der Waals surface area contributed by atoms with Crippen LogP contribution in [0.3, 0.4) is 0 Å². The standard InChI is InChI=1S/C20H18N4O3/c1-25-17-7-8-18(19-9-10-21-27-19)20(11-17)26-14-16-13-24(23-22-16)12-15-5-3-2-4-6-15/h2-11,13H,12,14H2,1H3. The quantitative estimate of drug-likeness (QED) is 0.500. The third-order valence-electron chi connectivity index (χ3n) is 4.04. The first-order valence-electron chi connectivity index (χ1n) is 8.46. The second-order valence-electron chi connectivity index (χ2n) is 5.92. The van der Waals surface area contributed by atoms with Gasteiger partial charge in [-0.3, -0.25) is 0 Å². The van der Waals surface area contributed by atoms with Crippen LogP contribution in [0.4, 0.5) is 0 Å². The van der Waals surface area contributed by atoms with Gasteiger partial charge in [0.1, 0.15) is 23.8 Å². The predicted molar refractivity (Wildman–Crippen MR) is 98.4 cm³/mol. The number of methoxy groups -OCH3 is 1. The lowest BCUT2D eigenvalue weighted by Crippen LogP contribution is -2.00. The van der Waals surface area contributed by atoms with Crippen molar-refractivity contribution in [1.82, 2.24) is 20.2 Å². The zero-order valence-corrected chi connectivity index (χ0v) is 14.8. The van der Waals surface area contributed by atoms with Crippen LogP contribution in [0, 0.1) is 0 Å². The van der Waals surface area contributed by atoms with Crippen LogP contribution in [0.5, 0.6) is 11.5 Å². The first kappa shape index (κ1) is 16.8. The van der Waals surface area contributed by atoms with E-state index in [1.807, 2.05) is 42.6 Å². The van der Waals surface area contributed by atoms with E-state index in [9.17, 15) is 0 Å². The molecule has 0 saturated carbocycles. The molecular weight excluding hydrogens is 344 g/mol. The van der Waals surface area contributed by atoms with Crippen molar-refractivity contribution in [3.05, 3.63) is 78.2 Å². The van der Waals surface area contributed by atoms with E-state index in [1.165, 1.54) is 0 Å². The molecule has 7 heteroatoms. The molecule has 0 spiro atoms. The minimum absolute atomic E-state index is 0.281. The van der Waals surface area contributed by atoms with Crippen molar-refractivity contribution in [2.45, 2.75) is 13.2 Å². The van der Waals surface area contributed by atoms with Crippen LogP contribution in [0.15, 0.2) is 71.5 Å². The van der Waals surface area contributed by atoms with E-state index in [0.29, 0.717) is 23.8 Å². The summed E-state index contributed by atoms with van der Waals surface area (Å²) in [6.07, 6.45) is 3.47. The van der Waals surface area contributed by atoms with Gasteiger partial charge in [-0.25, -0.2) is 4.68 Å². The molecule has 0 atom stereocenters. The van der Waals surface area contributed by atoms with Crippen LogP contribution in [-0.4, -0.2) is 27.3 Å². The summed E-state index contributed by atoms with van der Waals surface area (Å²) in [5.74, 6) is 1.95. The SMILES string of the molecule is COc1ccc(-c2ccno2)c(OCc2cn(Cc3ccccc3)nn2)c1. The molecule has 0 amide bonds. The molecule has 27 heavy (non-hydrogen) atoms. The third kappa shape index (κ3) is 3.98. The van der Waals surface area contributed by atoms with Gasteiger partial charge >= 0.3 is 0 Å². The van der Waals surface area contributed by atoms with Gasteiger partial charge in [0.15, 0.2) is 5.76 Å². The molecule has 2 aromatic carbocycles. The second-order valence-corrected chi connectivity index (χ2v) is 5.92. The van der Waals surface area contributed by atoms with Gasteiger partial charge in [0.25, 0.3) is 0 Å². The van der Waals surface area contributed by atoms with E-state index in [1.54, 1.807) is 24.1 Å². The number of benzene rings is 2. The minimum atomic E-state index is 0.281. The van der Waals surface area contributed by atoms with E-state index in [2.05, 4.69) is 27.6 Å². The van der Waals surface area contributed by atoms with Gasteiger partial charge in [-0.15, -0.1) is 5.10 Å². The Morgan fingerprint density at radius 1 is 1.07 bits per heavy atom. The normalized spacial score (nSPS) is 10.7. The molecule has 0 aliphatic heterocycles. The highest BCUT2D eigenvalue weighted by atomic mass is 16.5. The highest BCUT2D eigenvalue weighted by Gasteiger charge is 2.12. The molecule has 0 bridgehead atoms. The Bertz CT molecular complexity index is 997. The summed E-state index contributed by atoms with van der Waals surface area (Å²) >= 11 is 0. The Labute approximate surface area is 156 Å². The zero-order chi connectivity index (χ0) is 18.5. The van der Waals surface area contributed by atoms with Crippen LogP contribution < -0.4 is 9.47 Å². The van der Waals surface area contributed by atoms with E-state index >= 15 is 0 Å². The fourth-order valence-corrected chi connectivity index (χ4v) is 2.71. The van der Waals surface area contributed by atoms with Crippen LogP contribution in [0.25, 0.3) is 11.3 Å². The number of hydrogen-bond donors (Lipinski definition) is 0. The molecule has 0 unspecified atom stereocenters. The lowest BCUT2D eigenvalue weighted by atomic mass is 10.1. The first-order chi connectivity index (χ1) is 13.3. The molecule has 0 aliphatic rings. The summed E-state index contributed by atoms with van der Waals surface area (Å²) in [6.45, 7) is 0.944. The number of nitrogens with zero attached hydrogens (tertiary/aromatic N) is 4. The summed E-state index contributed by atoms with van der Waals surface area (Å²) in [7, 11) is 1.61. The number of rotatable bonds is 7. The van der Waals surface area contributed by atoms with Crippen LogP contribution in [0.2, 0.25) is 0 Å². The van der Waals surface area contributed by atoms with Gasteiger partial charge < -0.3 is 14.0 Å². The van der Waals surface area contributed by atoms with E-state index in [4.69, 9.17) is 14.0 Å². The smallest absolute Gasteiger partial charge is 0.170 e. The molecule has 0 aliphatic carbocycles. The molecule has 0 radical (unpaired) electrons. The fraction of sp³-hybridized carbons (Fsp3) is 0.150. The largest absolute Gasteiger partial charge is 0.497 e.